The Morgan fingerprint density at radius 2 is 2.00 bits per heavy atom. The molecule has 0 bridgehead atoms. The van der Waals surface area contributed by atoms with Crippen molar-refractivity contribution >= 4 is 5.91 Å². The van der Waals surface area contributed by atoms with Crippen LogP contribution in [0.15, 0.2) is 0 Å². The average molecular weight is 241 g/mol. The van der Waals surface area contributed by atoms with Crippen LogP contribution in [0, 0.1) is 5.92 Å². The number of hydrogen-bond acceptors (Lipinski definition) is 3. The van der Waals surface area contributed by atoms with Crippen LogP contribution in [0.25, 0.3) is 0 Å². The minimum absolute atomic E-state index is 0.257. The number of rotatable bonds is 7. The first-order chi connectivity index (χ1) is 7.76. The maximum Gasteiger partial charge on any atom is 0.238 e. The summed E-state index contributed by atoms with van der Waals surface area (Å²) in [6.45, 7) is 9.15. The van der Waals surface area contributed by atoms with Crippen LogP contribution >= 0.6 is 0 Å². The summed E-state index contributed by atoms with van der Waals surface area (Å²) in [5.74, 6) is 0.310. The van der Waals surface area contributed by atoms with Crippen LogP contribution in [0.1, 0.15) is 40.5 Å². The second-order valence-electron chi connectivity index (χ2n) is 6.01. The van der Waals surface area contributed by atoms with E-state index < -0.39 is 5.54 Å². The summed E-state index contributed by atoms with van der Waals surface area (Å²) in [5, 5.41) is 3.38. The number of carbonyl (C=O) groups excluding carboxylic acids is 1. The highest BCUT2D eigenvalue weighted by Gasteiger charge is 2.38. The molecule has 2 atom stereocenters. The Balaban J connectivity index is 2.61. The van der Waals surface area contributed by atoms with Gasteiger partial charge in [-0.05, 0) is 39.7 Å². The molecule has 0 aromatic carbocycles. The van der Waals surface area contributed by atoms with E-state index in [1.807, 2.05) is 6.92 Å². The van der Waals surface area contributed by atoms with Gasteiger partial charge in [0.2, 0.25) is 5.91 Å². The van der Waals surface area contributed by atoms with E-state index in [4.69, 9.17) is 5.73 Å². The molecular formula is C13H27N3O. The highest BCUT2D eigenvalue weighted by molar-refractivity contribution is 5.84. The van der Waals surface area contributed by atoms with E-state index in [9.17, 15) is 4.79 Å². The molecule has 0 aliphatic heterocycles. The number of primary amides is 1. The van der Waals surface area contributed by atoms with Crippen molar-refractivity contribution in [1.29, 1.82) is 0 Å². The smallest absolute Gasteiger partial charge is 0.238 e. The Morgan fingerprint density at radius 1 is 1.47 bits per heavy atom. The normalized spacial score (nSPS) is 21.6. The molecule has 100 valence electrons. The van der Waals surface area contributed by atoms with Gasteiger partial charge in [0.1, 0.15) is 5.54 Å². The third-order valence-corrected chi connectivity index (χ3v) is 3.87. The minimum atomic E-state index is -0.612. The molecule has 1 saturated carbocycles. The summed E-state index contributed by atoms with van der Waals surface area (Å²) in [6, 6.07) is 0.921. The fourth-order valence-corrected chi connectivity index (χ4v) is 2.02. The topological polar surface area (TPSA) is 58.4 Å². The third kappa shape index (κ3) is 3.96. The Bertz CT molecular complexity index is 276. The predicted molar refractivity (Wildman–Crippen MR) is 70.7 cm³/mol. The van der Waals surface area contributed by atoms with Gasteiger partial charge in [0.05, 0.1) is 0 Å². The van der Waals surface area contributed by atoms with E-state index in [1.165, 1.54) is 0 Å². The quantitative estimate of drug-likeness (QED) is 0.698. The molecule has 4 nitrogen and oxygen atoms in total. The largest absolute Gasteiger partial charge is 0.368 e. The van der Waals surface area contributed by atoms with E-state index in [1.54, 1.807) is 0 Å². The Morgan fingerprint density at radius 3 is 2.35 bits per heavy atom. The van der Waals surface area contributed by atoms with Crippen LogP contribution in [-0.2, 0) is 4.79 Å². The predicted octanol–water partition coefficient (Wildman–Crippen LogP) is 0.959. The molecule has 0 radical (unpaired) electrons. The van der Waals surface area contributed by atoms with Crippen LogP contribution in [0.5, 0.6) is 0 Å². The molecule has 2 unspecified atom stereocenters. The van der Waals surface area contributed by atoms with Gasteiger partial charge in [0.25, 0.3) is 0 Å². The van der Waals surface area contributed by atoms with Crippen LogP contribution in [-0.4, -0.2) is 42.0 Å². The average Bonchev–Trinajstić information content (AvgIpc) is 2.99. The minimum Gasteiger partial charge on any atom is -0.368 e. The van der Waals surface area contributed by atoms with Crippen molar-refractivity contribution in [2.75, 3.05) is 13.6 Å². The zero-order chi connectivity index (χ0) is 13.2. The summed E-state index contributed by atoms with van der Waals surface area (Å²) in [7, 11) is 2.06. The van der Waals surface area contributed by atoms with Crippen molar-refractivity contribution in [3.05, 3.63) is 0 Å². The van der Waals surface area contributed by atoms with Crippen molar-refractivity contribution in [3.63, 3.8) is 0 Å². The van der Waals surface area contributed by atoms with E-state index in [0.29, 0.717) is 24.5 Å². The van der Waals surface area contributed by atoms with Gasteiger partial charge in [-0.2, -0.15) is 0 Å². The van der Waals surface area contributed by atoms with Gasteiger partial charge in [0, 0.05) is 18.6 Å². The van der Waals surface area contributed by atoms with Crippen molar-refractivity contribution in [2.45, 2.75) is 58.2 Å². The monoisotopic (exact) mass is 241 g/mol. The molecule has 0 spiro atoms. The van der Waals surface area contributed by atoms with Crippen molar-refractivity contribution in [3.8, 4) is 0 Å². The lowest BCUT2D eigenvalue weighted by Crippen LogP contribution is -2.61. The lowest BCUT2D eigenvalue weighted by molar-refractivity contribution is -0.124. The molecule has 17 heavy (non-hydrogen) atoms. The molecule has 1 amide bonds. The first-order valence-electron chi connectivity index (χ1n) is 6.54. The molecule has 1 aliphatic carbocycles. The van der Waals surface area contributed by atoms with Crippen LogP contribution < -0.4 is 11.1 Å². The number of likely N-dealkylation sites (N-methyl/N-ethyl adjacent to an activating group) is 1. The van der Waals surface area contributed by atoms with E-state index in [2.05, 4.69) is 38.0 Å². The van der Waals surface area contributed by atoms with Crippen molar-refractivity contribution < 1.29 is 4.79 Å². The van der Waals surface area contributed by atoms with Gasteiger partial charge in [-0.25, -0.2) is 0 Å². The summed E-state index contributed by atoms with van der Waals surface area (Å²) in [6.07, 6.45) is 2.32. The van der Waals surface area contributed by atoms with Crippen LogP contribution in [0.3, 0.4) is 0 Å². The first-order valence-corrected chi connectivity index (χ1v) is 6.54. The molecule has 4 heteroatoms. The summed E-state index contributed by atoms with van der Waals surface area (Å²) in [5.41, 5.74) is 4.93. The van der Waals surface area contributed by atoms with Crippen LogP contribution in [0.4, 0.5) is 0 Å². The van der Waals surface area contributed by atoms with Gasteiger partial charge >= 0.3 is 0 Å². The molecule has 1 aliphatic rings. The maximum atomic E-state index is 11.6. The number of amides is 1. The van der Waals surface area contributed by atoms with Gasteiger partial charge < -0.3 is 10.6 Å². The van der Waals surface area contributed by atoms with Gasteiger partial charge in [-0.15, -0.1) is 0 Å². The molecule has 0 heterocycles. The fourth-order valence-electron chi connectivity index (χ4n) is 2.02. The van der Waals surface area contributed by atoms with Gasteiger partial charge in [-0.3, -0.25) is 10.1 Å². The number of carbonyl (C=O) groups is 1. The number of nitrogens with one attached hydrogen (secondary N) is 1. The van der Waals surface area contributed by atoms with Gasteiger partial charge in [0.15, 0.2) is 0 Å². The van der Waals surface area contributed by atoms with Crippen molar-refractivity contribution in [2.24, 2.45) is 11.7 Å². The Hall–Kier alpha value is -0.610. The zero-order valence-corrected chi connectivity index (χ0v) is 11.8. The lowest BCUT2D eigenvalue weighted by Gasteiger charge is -2.36. The zero-order valence-electron chi connectivity index (χ0n) is 11.8. The summed E-state index contributed by atoms with van der Waals surface area (Å²) < 4.78 is 0. The molecular weight excluding hydrogens is 214 g/mol. The first kappa shape index (κ1) is 14.5. The molecule has 1 fully saturated rings. The van der Waals surface area contributed by atoms with E-state index in [0.717, 1.165) is 12.8 Å². The number of hydrogen-bond donors (Lipinski definition) is 2. The summed E-state index contributed by atoms with van der Waals surface area (Å²) in [4.78, 5) is 13.9. The molecule has 3 N–H and O–H groups in total. The third-order valence-electron chi connectivity index (χ3n) is 3.87. The molecule has 0 aromatic heterocycles. The van der Waals surface area contributed by atoms with E-state index >= 15 is 0 Å². The summed E-state index contributed by atoms with van der Waals surface area (Å²) >= 11 is 0. The van der Waals surface area contributed by atoms with E-state index in [-0.39, 0.29) is 5.91 Å². The Labute approximate surface area is 105 Å². The van der Waals surface area contributed by atoms with Crippen molar-refractivity contribution in [1.82, 2.24) is 10.2 Å². The molecule has 0 saturated heterocycles. The SMILES string of the molecule is CC(C)C(C)N(C)CC(C)(NC1CC1)C(N)=O. The highest BCUT2D eigenvalue weighted by Crippen LogP contribution is 2.23. The fraction of sp³-hybridized carbons (Fsp3) is 0.923. The standard InChI is InChI=1S/C13H27N3O/c1-9(2)10(3)16(5)8-13(4,12(14)17)15-11-6-7-11/h9-11,15H,6-8H2,1-5H3,(H2,14,17). The second kappa shape index (κ2) is 5.36. The number of nitrogens with zero attached hydrogens (tertiary/aromatic N) is 1. The van der Waals surface area contributed by atoms with Gasteiger partial charge in [-0.1, -0.05) is 13.8 Å². The second-order valence-corrected chi connectivity index (χ2v) is 6.01. The maximum absolute atomic E-state index is 11.6. The number of nitrogens with two attached hydrogens (primary N) is 1. The lowest BCUT2D eigenvalue weighted by atomic mass is 9.97. The van der Waals surface area contributed by atoms with Crippen LogP contribution in [0.2, 0.25) is 0 Å². The Kier molecular flexibility index (Phi) is 4.55. The molecule has 1 rings (SSSR count). The molecule has 0 aromatic rings. The highest BCUT2D eigenvalue weighted by atomic mass is 16.1.